The zero-order valence-corrected chi connectivity index (χ0v) is 13.0. The van der Waals surface area contributed by atoms with Crippen molar-refractivity contribution in [2.45, 2.75) is 0 Å². The van der Waals surface area contributed by atoms with E-state index in [9.17, 15) is 0 Å². The fourth-order valence-corrected chi connectivity index (χ4v) is 3.04. The average molecular weight is 318 g/mol. The summed E-state index contributed by atoms with van der Waals surface area (Å²) in [6, 6.07) is 18.4. The van der Waals surface area contributed by atoms with E-state index in [1.165, 1.54) is 5.39 Å². The molecule has 0 radical (unpaired) electrons. The monoisotopic (exact) mass is 318 g/mol. The van der Waals surface area contributed by atoms with Gasteiger partial charge in [-0.15, -0.1) is 11.3 Å². The summed E-state index contributed by atoms with van der Waals surface area (Å²) in [7, 11) is 0. The minimum atomic E-state index is 0.779. The van der Waals surface area contributed by atoms with Crippen LogP contribution in [0.2, 0.25) is 0 Å². The number of benzene rings is 2. The number of hydrogen-bond donors (Lipinski definition) is 2. The van der Waals surface area contributed by atoms with Crippen molar-refractivity contribution in [1.29, 1.82) is 0 Å². The molecular formula is C18H14N4S. The first kappa shape index (κ1) is 13.7. The minimum absolute atomic E-state index is 0.779. The van der Waals surface area contributed by atoms with Gasteiger partial charge in [-0.05, 0) is 23.1 Å². The normalized spacial score (nSPS) is 11.3. The maximum atomic E-state index is 4.54. The minimum Gasteiger partial charge on any atom is -0.361 e. The number of aromatic amines is 1. The molecule has 23 heavy (non-hydrogen) atoms. The van der Waals surface area contributed by atoms with Crippen LogP contribution in [0.3, 0.4) is 0 Å². The van der Waals surface area contributed by atoms with Crippen molar-refractivity contribution in [3.63, 3.8) is 0 Å². The molecule has 2 aromatic carbocycles. The first-order valence-electron chi connectivity index (χ1n) is 7.26. The Labute approximate surface area is 137 Å². The molecule has 2 N–H and O–H groups in total. The molecule has 0 fully saturated rings. The van der Waals surface area contributed by atoms with Crippen LogP contribution in [-0.2, 0) is 0 Å². The molecule has 0 bridgehead atoms. The summed E-state index contributed by atoms with van der Waals surface area (Å²) in [5.74, 6) is 0. The molecule has 5 heteroatoms. The van der Waals surface area contributed by atoms with E-state index < -0.39 is 0 Å². The number of nitrogens with one attached hydrogen (secondary N) is 2. The lowest BCUT2D eigenvalue weighted by Gasteiger charge is -1.96. The fraction of sp³-hybridized carbons (Fsp3) is 0. The zero-order valence-electron chi connectivity index (χ0n) is 12.2. The van der Waals surface area contributed by atoms with Crippen LogP contribution in [0.15, 0.2) is 71.3 Å². The summed E-state index contributed by atoms with van der Waals surface area (Å²) in [5.41, 5.74) is 7.20. The summed E-state index contributed by atoms with van der Waals surface area (Å²) in [5, 5.41) is 8.27. The van der Waals surface area contributed by atoms with Crippen LogP contribution in [0.5, 0.6) is 0 Å². The summed E-state index contributed by atoms with van der Waals surface area (Å²) in [6.07, 6.45) is 3.73. The SMILES string of the molecule is C(=NNc1nc(-c2ccccc2)cs1)c1ccc2cc[nH]c2c1. The van der Waals surface area contributed by atoms with E-state index in [2.05, 4.69) is 38.7 Å². The topological polar surface area (TPSA) is 53.1 Å². The quantitative estimate of drug-likeness (QED) is 0.422. The van der Waals surface area contributed by atoms with Gasteiger partial charge in [0.1, 0.15) is 0 Å². The third-order valence-corrected chi connectivity index (χ3v) is 4.27. The number of fused-ring (bicyclic) bond motifs is 1. The number of H-pyrrole nitrogens is 1. The molecule has 0 aliphatic carbocycles. The first-order valence-corrected chi connectivity index (χ1v) is 8.14. The average Bonchev–Trinajstić information content (AvgIpc) is 3.24. The van der Waals surface area contributed by atoms with Crippen LogP contribution in [0, 0.1) is 0 Å². The second-order valence-electron chi connectivity index (χ2n) is 5.10. The molecule has 0 saturated carbocycles. The van der Waals surface area contributed by atoms with Crippen LogP contribution < -0.4 is 5.43 Å². The van der Waals surface area contributed by atoms with Crippen LogP contribution in [0.25, 0.3) is 22.2 Å². The molecule has 4 nitrogen and oxygen atoms in total. The Hall–Kier alpha value is -2.92. The Morgan fingerprint density at radius 3 is 2.91 bits per heavy atom. The molecule has 112 valence electrons. The number of hydrogen-bond acceptors (Lipinski definition) is 4. The lowest BCUT2D eigenvalue weighted by atomic mass is 10.2. The lowest BCUT2D eigenvalue weighted by molar-refractivity contribution is 1.29. The standard InChI is InChI=1S/C18H14N4S/c1-2-4-14(5-3-1)17-12-23-18(21-17)22-20-11-13-6-7-15-8-9-19-16(15)10-13/h1-12,19H,(H,21,22). The van der Waals surface area contributed by atoms with E-state index in [-0.39, 0.29) is 0 Å². The largest absolute Gasteiger partial charge is 0.361 e. The Bertz CT molecular complexity index is 953. The van der Waals surface area contributed by atoms with E-state index in [0.717, 1.165) is 27.5 Å². The van der Waals surface area contributed by atoms with Crippen LogP contribution in [-0.4, -0.2) is 16.2 Å². The zero-order chi connectivity index (χ0) is 15.5. The molecule has 0 unspecified atom stereocenters. The van der Waals surface area contributed by atoms with Crippen molar-refractivity contribution in [3.8, 4) is 11.3 Å². The van der Waals surface area contributed by atoms with Crippen molar-refractivity contribution >= 4 is 33.6 Å². The smallest absolute Gasteiger partial charge is 0.203 e. The Kier molecular flexibility index (Phi) is 3.62. The summed E-state index contributed by atoms with van der Waals surface area (Å²) in [6.45, 7) is 0. The molecule has 4 aromatic rings. The van der Waals surface area contributed by atoms with Gasteiger partial charge < -0.3 is 4.98 Å². The van der Waals surface area contributed by atoms with E-state index in [0.29, 0.717) is 0 Å². The van der Waals surface area contributed by atoms with E-state index >= 15 is 0 Å². The maximum absolute atomic E-state index is 4.54. The third-order valence-electron chi connectivity index (χ3n) is 3.53. The molecule has 2 aromatic heterocycles. The van der Waals surface area contributed by atoms with Crippen LogP contribution >= 0.6 is 11.3 Å². The molecule has 0 amide bonds. The number of anilines is 1. The van der Waals surface area contributed by atoms with Gasteiger partial charge >= 0.3 is 0 Å². The molecule has 0 atom stereocenters. The predicted octanol–water partition coefficient (Wildman–Crippen LogP) is 4.74. The van der Waals surface area contributed by atoms with Crippen molar-refractivity contribution in [2.75, 3.05) is 5.43 Å². The Morgan fingerprint density at radius 1 is 1.09 bits per heavy atom. The number of aromatic nitrogens is 2. The lowest BCUT2D eigenvalue weighted by Crippen LogP contribution is -1.90. The van der Waals surface area contributed by atoms with Gasteiger partial charge in [0.05, 0.1) is 11.9 Å². The number of rotatable bonds is 4. The Morgan fingerprint density at radius 2 is 2.00 bits per heavy atom. The summed E-state index contributed by atoms with van der Waals surface area (Å²) < 4.78 is 0. The first-order chi connectivity index (χ1) is 11.4. The fourth-order valence-electron chi connectivity index (χ4n) is 2.37. The highest BCUT2D eigenvalue weighted by molar-refractivity contribution is 7.14. The highest BCUT2D eigenvalue weighted by atomic mass is 32.1. The predicted molar refractivity (Wildman–Crippen MR) is 97.1 cm³/mol. The van der Waals surface area contributed by atoms with Crippen molar-refractivity contribution < 1.29 is 0 Å². The highest BCUT2D eigenvalue weighted by Gasteiger charge is 2.02. The van der Waals surface area contributed by atoms with E-state index in [1.54, 1.807) is 17.6 Å². The van der Waals surface area contributed by atoms with Gasteiger partial charge in [0.15, 0.2) is 0 Å². The van der Waals surface area contributed by atoms with Crippen LogP contribution in [0.1, 0.15) is 5.56 Å². The molecule has 0 aliphatic rings. The van der Waals surface area contributed by atoms with Crippen molar-refractivity contribution in [3.05, 3.63) is 71.7 Å². The van der Waals surface area contributed by atoms with Gasteiger partial charge in [-0.1, -0.05) is 42.5 Å². The maximum Gasteiger partial charge on any atom is 0.203 e. The summed E-state index contributed by atoms with van der Waals surface area (Å²) in [4.78, 5) is 7.74. The van der Waals surface area contributed by atoms with Crippen LogP contribution in [0.4, 0.5) is 5.13 Å². The van der Waals surface area contributed by atoms with E-state index in [4.69, 9.17) is 0 Å². The number of hydrazone groups is 1. The molecule has 0 aliphatic heterocycles. The summed E-state index contributed by atoms with van der Waals surface area (Å²) >= 11 is 1.54. The van der Waals surface area contributed by atoms with Crippen molar-refractivity contribution in [2.24, 2.45) is 5.10 Å². The second kappa shape index (κ2) is 6.06. The molecule has 0 saturated heterocycles. The molecular weight excluding hydrogens is 304 g/mol. The third kappa shape index (κ3) is 3.00. The van der Waals surface area contributed by atoms with Gasteiger partial charge in [-0.2, -0.15) is 5.10 Å². The van der Waals surface area contributed by atoms with Gasteiger partial charge in [0.25, 0.3) is 0 Å². The van der Waals surface area contributed by atoms with Gasteiger partial charge in [0, 0.05) is 22.7 Å². The molecule has 0 spiro atoms. The van der Waals surface area contributed by atoms with Gasteiger partial charge in [-0.25, -0.2) is 4.98 Å². The second-order valence-corrected chi connectivity index (χ2v) is 5.96. The van der Waals surface area contributed by atoms with Gasteiger partial charge in [0.2, 0.25) is 5.13 Å². The highest BCUT2D eigenvalue weighted by Crippen LogP contribution is 2.24. The molecule has 4 rings (SSSR count). The number of thiazole rings is 1. The van der Waals surface area contributed by atoms with Gasteiger partial charge in [-0.3, -0.25) is 5.43 Å². The molecule has 2 heterocycles. The number of nitrogens with zero attached hydrogens (tertiary/aromatic N) is 2. The Balaban J connectivity index is 1.47. The van der Waals surface area contributed by atoms with Crippen molar-refractivity contribution in [1.82, 2.24) is 9.97 Å². The van der Waals surface area contributed by atoms with E-state index in [1.807, 2.05) is 48.0 Å².